The third-order valence-corrected chi connectivity index (χ3v) is 1.02. The number of nitrogens with two attached hydrogens (primary N) is 2. The molecule has 0 aliphatic carbocycles. The summed E-state index contributed by atoms with van der Waals surface area (Å²) in [6.45, 7) is 0.473. The van der Waals surface area contributed by atoms with Crippen molar-refractivity contribution in [3.8, 4) is 0 Å². The second-order valence-corrected chi connectivity index (χ2v) is 1.86. The van der Waals surface area contributed by atoms with Crippen LogP contribution in [0.15, 0.2) is 0 Å². The van der Waals surface area contributed by atoms with Gasteiger partial charge in [-0.3, -0.25) is 0 Å². The molecule has 0 aliphatic rings. The van der Waals surface area contributed by atoms with Crippen molar-refractivity contribution in [2.45, 2.75) is 18.9 Å². The number of hydrogen-bond donors (Lipinski definition) is 2. The van der Waals surface area contributed by atoms with Crippen LogP contribution in [-0.4, -0.2) is 18.6 Å². The molecule has 0 bridgehead atoms. The highest BCUT2D eigenvalue weighted by Crippen LogP contribution is 1.91. The molecule has 0 amide bonds. The Morgan fingerprint density at radius 2 is 2.11 bits per heavy atom. The molecule has 0 heterocycles. The third-order valence-electron chi connectivity index (χ3n) is 1.02. The Balaban J connectivity index is 3.27. The third kappa shape index (κ3) is 3.93. The van der Waals surface area contributed by atoms with Crippen molar-refractivity contribution in [2.24, 2.45) is 11.5 Å². The Bertz CT molecular complexity index is 95.0. The van der Waals surface area contributed by atoms with Gasteiger partial charge in [-0.15, -0.1) is 0 Å². The Labute approximate surface area is 53.8 Å². The molecule has 0 saturated heterocycles. The first-order chi connectivity index (χ1) is 4.18. The zero-order chi connectivity index (χ0) is 7.28. The quantitative estimate of drug-likeness (QED) is 0.513. The van der Waals surface area contributed by atoms with Crippen molar-refractivity contribution in [1.29, 1.82) is 0 Å². The lowest BCUT2D eigenvalue weighted by molar-refractivity contribution is -0.144. The van der Waals surface area contributed by atoms with E-state index in [1.54, 1.807) is 0 Å². The second-order valence-electron chi connectivity index (χ2n) is 1.86. The molecule has 0 spiro atoms. The summed E-state index contributed by atoms with van der Waals surface area (Å²) in [5.74, 6) is -1.21. The van der Waals surface area contributed by atoms with Crippen LogP contribution in [0.1, 0.15) is 12.8 Å². The number of rotatable bonds is 4. The van der Waals surface area contributed by atoms with Crippen molar-refractivity contribution in [3.05, 3.63) is 0 Å². The van der Waals surface area contributed by atoms with Crippen LogP contribution in [0.5, 0.6) is 0 Å². The molecular weight excluding hydrogens is 120 g/mol. The van der Waals surface area contributed by atoms with E-state index in [9.17, 15) is 9.90 Å². The molecule has 4 nitrogen and oxygen atoms in total. The van der Waals surface area contributed by atoms with E-state index in [0.29, 0.717) is 19.4 Å². The van der Waals surface area contributed by atoms with Gasteiger partial charge in [0.05, 0.1) is 0 Å². The minimum Gasteiger partial charge on any atom is -0.330 e. The molecular formula is C5H11N2O2. The minimum absolute atomic E-state index is 0.402. The fourth-order valence-corrected chi connectivity index (χ4v) is 0.456. The lowest BCUT2D eigenvalue weighted by atomic mass is 10.2. The van der Waals surface area contributed by atoms with Crippen LogP contribution in [0.25, 0.3) is 0 Å². The highest BCUT2D eigenvalue weighted by molar-refractivity contribution is 5.72. The summed E-state index contributed by atoms with van der Waals surface area (Å²) in [5, 5.41) is 9.93. The SMILES string of the molecule is NCCCC(N)C([O])=O. The van der Waals surface area contributed by atoms with Gasteiger partial charge >= 0.3 is 5.97 Å². The molecule has 0 aromatic rings. The highest BCUT2D eigenvalue weighted by Gasteiger charge is 2.11. The van der Waals surface area contributed by atoms with E-state index >= 15 is 0 Å². The average Bonchev–Trinajstić information content (AvgIpc) is 1.82. The predicted molar refractivity (Wildman–Crippen MR) is 32.0 cm³/mol. The van der Waals surface area contributed by atoms with Crippen molar-refractivity contribution in [3.63, 3.8) is 0 Å². The van der Waals surface area contributed by atoms with Gasteiger partial charge in [0.15, 0.2) is 0 Å². The highest BCUT2D eigenvalue weighted by atomic mass is 16.4. The summed E-state index contributed by atoms with van der Waals surface area (Å²) in [6.07, 6.45) is 1.04. The molecule has 0 fully saturated rings. The summed E-state index contributed by atoms with van der Waals surface area (Å²) < 4.78 is 0. The van der Waals surface area contributed by atoms with E-state index in [2.05, 4.69) is 0 Å². The van der Waals surface area contributed by atoms with Gasteiger partial charge in [-0.05, 0) is 19.4 Å². The molecule has 9 heavy (non-hydrogen) atoms. The van der Waals surface area contributed by atoms with Crippen LogP contribution >= 0.6 is 0 Å². The fourth-order valence-electron chi connectivity index (χ4n) is 0.456. The van der Waals surface area contributed by atoms with Gasteiger partial charge in [0.25, 0.3) is 0 Å². The molecule has 4 heteroatoms. The number of carbonyl (C=O) groups excluding carboxylic acids is 1. The molecule has 1 radical (unpaired) electrons. The van der Waals surface area contributed by atoms with Crippen molar-refractivity contribution in [2.75, 3.05) is 6.54 Å². The maximum absolute atomic E-state index is 9.93. The molecule has 0 aromatic carbocycles. The van der Waals surface area contributed by atoms with Gasteiger partial charge in [0, 0.05) is 0 Å². The largest absolute Gasteiger partial charge is 0.372 e. The summed E-state index contributed by atoms with van der Waals surface area (Å²) in [5.41, 5.74) is 10.2. The second kappa shape index (κ2) is 4.29. The fraction of sp³-hybridized carbons (Fsp3) is 0.800. The van der Waals surface area contributed by atoms with Crippen LogP contribution in [0.3, 0.4) is 0 Å². The van der Waals surface area contributed by atoms with Crippen molar-refractivity contribution in [1.82, 2.24) is 0 Å². The maximum atomic E-state index is 9.93. The number of carbonyl (C=O) groups is 1. The zero-order valence-electron chi connectivity index (χ0n) is 5.17. The summed E-state index contributed by atoms with van der Waals surface area (Å²) in [7, 11) is 0. The number of hydrogen-bond acceptors (Lipinski definition) is 3. The average molecular weight is 131 g/mol. The molecule has 0 aromatic heterocycles. The van der Waals surface area contributed by atoms with Crippen LogP contribution in [0.2, 0.25) is 0 Å². The van der Waals surface area contributed by atoms with Gasteiger partial charge in [-0.1, -0.05) is 0 Å². The summed E-state index contributed by atoms with van der Waals surface area (Å²) in [6, 6.07) is -0.853. The standard InChI is InChI=1S/C5H11N2O2/c6-3-1-2-4(7)5(8)9/h4H,1-3,6-7H2. The Morgan fingerprint density at radius 3 is 2.44 bits per heavy atom. The van der Waals surface area contributed by atoms with Gasteiger partial charge in [0.1, 0.15) is 6.04 Å². The molecule has 1 atom stereocenters. The monoisotopic (exact) mass is 131 g/mol. The lowest BCUT2D eigenvalue weighted by Crippen LogP contribution is -2.29. The minimum atomic E-state index is -1.21. The van der Waals surface area contributed by atoms with Crippen LogP contribution in [0, 0.1) is 0 Å². The summed E-state index contributed by atoms with van der Waals surface area (Å²) in [4.78, 5) is 9.93. The van der Waals surface area contributed by atoms with E-state index in [0.717, 1.165) is 0 Å². The Morgan fingerprint density at radius 1 is 1.56 bits per heavy atom. The van der Waals surface area contributed by atoms with Gasteiger partial charge in [-0.25, -0.2) is 9.90 Å². The first kappa shape index (κ1) is 8.39. The first-order valence-electron chi connectivity index (χ1n) is 2.85. The van der Waals surface area contributed by atoms with Crippen molar-refractivity contribution < 1.29 is 9.90 Å². The van der Waals surface area contributed by atoms with E-state index in [4.69, 9.17) is 11.5 Å². The predicted octanol–water partition coefficient (Wildman–Crippen LogP) is -0.990. The van der Waals surface area contributed by atoms with Crippen LogP contribution in [0.4, 0.5) is 0 Å². The Kier molecular flexibility index (Phi) is 4.00. The molecule has 0 aliphatic heterocycles. The maximum Gasteiger partial charge on any atom is 0.372 e. The van der Waals surface area contributed by atoms with E-state index in [1.165, 1.54) is 0 Å². The molecule has 1 unspecified atom stereocenters. The molecule has 53 valence electrons. The molecule has 4 N–H and O–H groups in total. The van der Waals surface area contributed by atoms with E-state index in [-0.39, 0.29) is 0 Å². The van der Waals surface area contributed by atoms with Gasteiger partial charge in [-0.2, -0.15) is 0 Å². The normalized spacial score (nSPS) is 13.1. The smallest absolute Gasteiger partial charge is 0.330 e. The van der Waals surface area contributed by atoms with Crippen LogP contribution in [-0.2, 0) is 9.90 Å². The van der Waals surface area contributed by atoms with E-state index < -0.39 is 12.0 Å². The molecule has 0 saturated carbocycles. The van der Waals surface area contributed by atoms with Gasteiger partial charge < -0.3 is 11.5 Å². The lowest BCUT2D eigenvalue weighted by Gasteiger charge is -2.00. The topological polar surface area (TPSA) is 89.0 Å². The zero-order valence-corrected chi connectivity index (χ0v) is 5.17. The summed E-state index contributed by atoms with van der Waals surface area (Å²) >= 11 is 0. The van der Waals surface area contributed by atoms with Gasteiger partial charge in [0.2, 0.25) is 0 Å². The van der Waals surface area contributed by atoms with Crippen molar-refractivity contribution >= 4 is 5.97 Å². The Hall–Kier alpha value is -0.610. The van der Waals surface area contributed by atoms with E-state index in [1.807, 2.05) is 0 Å². The van der Waals surface area contributed by atoms with Crippen LogP contribution < -0.4 is 11.5 Å². The first-order valence-corrected chi connectivity index (χ1v) is 2.85. The molecule has 0 rings (SSSR count).